The first-order valence-corrected chi connectivity index (χ1v) is 9.64. The highest BCUT2D eigenvalue weighted by Crippen LogP contribution is 2.38. The van der Waals surface area contributed by atoms with Crippen LogP contribution in [0.4, 0.5) is 0 Å². The van der Waals surface area contributed by atoms with Crippen molar-refractivity contribution < 1.29 is 4.79 Å². The van der Waals surface area contributed by atoms with Gasteiger partial charge < -0.3 is 4.90 Å². The molecule has 0 aromatic carbocycles. The van der Waals surface area contributed by atoms with Gasteiger partial charge in [0.05, 0.1) is 5.69 Å². The first-order chi connectivity index (χ1) is 12.2. The maximum absolute atomic E-state index is 12.5. The van der Waals surface area contributed by atoms with Gasteiger partial charge in [0.15, 0.2) is 10.6 Å². The van der Waals surface area contributed by atoms with Crippen LogP contribution in [-0.2, 0) is 4.79 Å². The molecule has 2 aromatic rings. The van der Waals surface area contributed by atoms with Crippen molar-refractivity contribution in [3.8, 4) is 12.3 Å². The Bertz CT molecular complexity index is 803. The molecule has 0 N–H and O–H groups in total. The highest BCUT2D eigenvalue weighted by Gasteiger charge is 2.39. The van der Waals surface area contributed by atoms with Gasteiger partial charge in [0.25, 0.3) is 0 Å². The van der Waals surface area contributed by atoms with E-state index in [1.807, 2.05) is 16.5 Å². The minimum absolute atomic E-state index is 0.210. The van der Waals surface area contributed by atoms with Gasteiger partial charge in [-0.25, -0.2) is 4.98 Å². The van der Waals surface area contributed by atoms with Crippen LogP contribution in [0.3, 0.4) is 0 Å². The molecule has 2 aliphatic heterocycles. The monoisotopic (exact) mass is 355 g/mol. The number of fused-ring (bicyclic) bond motifs is 1. The first-order valence-electron chi connectivity index (χ1n) is 8.76. The van der Waals surface area contributed by atoms with E-state index in [-0.39, 0.29) is 11.6 Å². The van der Waals surface area contributed by atoms with Gasteiger partial charge >= 0.3 is 0 Å². The number of aromatic nitrogens is 2. The third-order valence-electron chi connectivity index (χ3n) is 5.17. The molecule has 1 fully saturated rings. The molecule has 2 aromatic heterocycles. The predicted octanol–water partition coefficient (Wildman–Crippen LogP) is 3.46. The summed E-state index contributed by atoms with van der Waals surface area (Å²) in [5, 5.41) is 10.3. The molecule has 0 bridgehead atoms. The number of hydrogen-bond donors (Lipinski definition) is 0. The lowest BCUT2D eigenvalue weighted by molar-refractivity contribution is -0.132. The molecule has 4 rings (SSSR count). The van der Waals surface area contributed by atoms with Crippen molar-refractivity contribution in [3.63, 3.8) is 0 Å². The second-order valence-corrected chi connectivity index (χ2v) is 7.67. The average Bonchev–Trinajstić information content (AvgIpc) is 3.07. The van der Waals surface area contributed by atoms with Crippen LogP contribution in [0, 0.1) is 12.3 Å². The molecule has 2 aliphatic rings. The summed E-state index contributed by atoms with van der Waals surface area (Å²) in [5.74, 6) is 3.28. The van der Waals surface area contributed by atoms with E-state index < -0.39 is 0 Å². The average molecular weight is 355 g/mol. The SMILES string of the molecule is C#CCCC1(CCC(=O)N2CCC(c3cn4ccsc4n3)CC2)N=N1. The lowest BCUT2D eigenvalue weighted by atomic mass is 9.93. The maximum atomic E-state index is 12.5. The van der Waals surface area contributed by atoms with Crippen molar-refractivity contribution in [1.82, 2.24) is 14.3 Å². The Morgan fingerprint density at radius 1 is 1.36 bits per heavy atom. The van der Waals surface area contributed by atoms with Crippen molar-refractivity contribution in [2.45, 2.75) is 50.1 Å². The third-order valence-corrected chi connectivity index (χ3v) is 5.94. The van der Waals surface area contributed by atoms with E-state index in [0.717, 1.165) is 43.0 Å². The Morgan fingerprint density at radius 3 is 2.84 bits per heavy atom. The molecule has 6 nitrogen and oxygen atoms in total. The molecule has 1 saturated heterocycles. The first kappa shape index (κ1) is 16.3. The zero-order valence-corrected chi connectivity index (χ0v) is 14.9. The third kappa shape index (κ3) is 3.45. The molecule has 7 heteroatoms. The van der Waals surface area contributed by atoms with E-state index in [4.69, 9.17) is 11.4 Å². The fourth-order valence-corrected chi connectivity index (χ4v) is 4.21. The van der Waals surface area contributed by atoms with E-state index >= 15 is 0 Å². The van der Waals surface area contributed by atoms with Crippen LogP contribution in [0.15, 0.2) is 28.0 Å². The number of piperidine rings is 1. The van der Waals surface area contributed by atoms with Gasteiger partial charge in [-0.3, -0.25) is 9.20 Å². The van der Waals surface area contributed by atoms with Crippen LogP contribution >= 0.6 is 11.3 Å². The summed E-state index contributed by atoms with van der Waals surface area (Å²) in [4.78, 5) is 20.2. The summed E-state index contributed by atoms with van der Waals surface area (Å²) in [6, 6.07) is 0. The molecule has 0 aliphatic carbocycles. The maximum Gasteiger partial charge on any atom is 0.222 e. The lowest BCUT2D eigenvalue weighted by Gasteiger charge is -2.31. The van der Waals surface area contributed by atoms with Crippen LogP contribution in [0.2, 0.25) is 0 Å². The summed E-state index contributed by atoms with van der Waals surface area (Å²) in [6.07, 6.45) is 14.0. The van der Waals surface area contributed by atoms with E-state index in [1.54, 1.807) is 11.3 Å². The molecule has 4 heterocycles. The van der Waals surface area contributed by atoms with Crippen LogP contribution in [0.1, 0.15) is 50.1 Å². The van der Waals surface area contributed by atoms with Crippen molar-refractivity contribution >= 4 is 22.2 Å². The number of carbonyl (C=O) groups excluding carboxylic acids is 1. The Kier molecular flexibility index (Phi) is 4.30. The molecule has 0 radical (unpaired) electrons. The summed E-state index contributed by atoms with van der Waals surface area (Å²) in [5.41, 5.74) is 0.797. The number of hydrogen-bond acceptors (Lipinski definition) is 5. The van der Waals surface area contributed by atoms with Gasteiger partial charge in [0.1, 0.15) is 0 Å². The van der Waals surface area contributed by atoms with Crippen LogP contribution < -0.4 is 0 Å². The highest BCUT2D eigenvalue weighted by atomic mass is 32.1. The molecule has 130 valence electrons. The Labute approximate surface area is 151 Å². The van der Waals surface area contributed by atoms with E-state index in [2.05, 4.69) is 26.7 Å². The van der Waals surface area contributed by atoms with Crippen LogP contribution in [-0.4, -0.2) is 38.9 Å². The number of nitrogens with zero attached hydrogens (tertiary/aromatic N) is 5. The Hall–Kier alpha value is -2.20. The Morgan fingerprint density at radius 2 is 2.16 bits per heavy atom. The minimum Gasteiger partial charge on any atom is -0.343 e. The zero-order valence-electron chi connectivity index (χ0n) is 14.1. The standard InChI is InChI=1S/C18H21N5OS/c1-2-3-7-18(20-21-18)8-4-16(24)22-9-5-14(6-10-22)15-13-23-11-12-25-17(23)19-15/h1,11-14H,3-10H2. The Balaban J connectivity index is 1.26. The van der Waals surface area contributed by atoms with Gasteiger partial charge in [-0.05, 0) is 12.8 Å². The molecular weight excluding hydrogens is 334 g/mol. The quantitative estimate of drug-likeness (QED) is 0.745. The number of terminal acetylenes is 1. The van der Waals surface area contributed by atoms with Gasteiger partial charge in [-0.1, -0.05) is 0 Å². The largest absolute Gasteiger partial charge is 0.343 e. The van der Waals surface area contributed by atoms with Crippen molar-refractivity contribution in [2.24, 2.45) is 10.2 Å². The number of rotatable bonds is 6. The fraction of sp³-hybridized carbons (Fsp3) is 0.556. The zero-order chi connectivity index (χ0) is 17.3. The minimum atomic E-state index is -0.359. The molecule has 0 spiro atoms. The summed E-state index contributed by atoms with van der Waals surface area (Å²) in [6.45, 7) is 1.61. The molecular formula is C18H21N5OS. The number of thiazole rings is 1. The molecule has 0 atom stereocenters. The summed E-state index contributed by atoms with van der Waals surface area (Å²) >= 11 is 1.66. The number of likely N-dealkylation sites (tertiary alicyclic amines) is 1. The smallest absolute Gasteiger partial charge is 0.222 e. The number of amides is 1. The van der Waals surface area contributed by atoms with E-state index in [0.29, 0.717) is 25.2 Å². The number of carbonyl (C=O) groups is 1. The van der Waals surface area contributed by atoms with Gasteiger partial charge in [0, 0.05) is 62.5 Å². The molecule has 1 amide bonds. The van der Waals surface area contributed by atoms with Gasteiger partial charge in [-0.2, -0.15) is 10.2 Å². The van der Waals surface area contributed by atoms with E-state index in [9.17, 15) is 4.79 Å². The van der Waals surface area contributed by atoms with Gasteiger partial charge in [0.2, 0.25) is 5.91 Å². The molecule has 25 heavy (non-hydrogen) atoms. The fourth-order valence-electron chi connectivity index (χ4n) is 3.50. The van der Waals surface area contributed by atoms with Crippen molar-refractivity contribution in [3.05, 3.63) is 23.5 Å². The second-order valence-electron chi connectivity index (χ2n) is 6.80. The summed E-state index contributed by atoms with van der Waals surface area (Å²) in [7, 11) is 0. The lowest BCUT2D eigenvalue weighted by Crippen LogP contribution is -2.38. The van der Waals surface area contributed by atoms with Crippen LogP contribution in [0.5, 0.6) is 0 Å². The molecule has 0 unspecified atom stereocenters. The normalized spacial score (nSPS) is 19.2. The molecule has 0 saturated carbocycles. The summed E-state index contributed by atoms with van der Waals surface area (Å²) < 4.78 is 2.08. The van der Waals surface area contributed by atoms with Crippen molar-refractivity contribution in [2.75, 3.05) is 13.1 Å². The van der Waals surface area contributed by atoms with Crippen LogP contribution in [0.25, 0.3) is 4.96 Å². The van der Waals surface area contributed by atoms with Gasteiger partial charge in [-0.15, -0.1) is 23.7 Å². The second kappa shape index (κ2) is 6.60. The predicted molar refractivity (Wildman–Crippen MR) is 96.5 cm³/mol. The van der Waals surface area contributed by atoms with Crippen molar-refractivity contribution in [1.29, 1.82) is 0 Å². The number of imidazole rings is 1. The highest BCUT2D eigenvalue weighted by molar-refractivity contribution is 7.15. The topological polar surface area (TPSA) is 62.3 Å². The van der Waals surface area contributed by atoms with E-state index in [1.165, 1.54) is 0 Å².